The highest BCUT2D eigenvalue weighted by Gasteiger charge is 2.45. The van der Waals surface area contributed by atoms with E-state index in [4.69, 9.17) is 23.2 Å². The van der Waals surface area contributed by atoms with Gasteiger partial charge in [0.05, 0.1) is 5.02 Å². The lowest BCUT2D eigenvalue weighted by molar-refractivity contribution is -0.131. The molecule has 0 aromatic carbocycles. The monoisotopic (exact) mass is 337 g/mol. The number of carbonyl (C=O) groups is 1. The van der Waals surface area contributed by atoms with E-state index in [1.807, 2.05) is 0 Å². The lowest BCUT2D eigenvalue weighted by Crippen LogP contribution is -2.63. The van der Waals surface area contributed by atoms with E-state index < -0.39 is 15.6 Å². The number of hydrogen-bond acceptors (Lipinski definition) is 4. The normalized spacial score (nSPS) is 19.7. The number of nitrogens with one attached hydrogen (secondary N) is 1. The minimum absolute atomic E-state index is 0.0289. The van der Waals surface area contributed by atoms with Crippen LogP contribution in [-0.2, 0) is 14.8 Å². The molecule has 0 atom stereocenters. The van der Waals surface area contributed by atoms with Crippen LogP contribution in [0.1, 0.15) is 13.8 Å². The van der Waals surface area contributed by atoms with Crippen molar-refractivity contribution >= 4 is 39.1 Å². The van der Waals surface area contributed by atoms with Crippen molar-refractivity contribution in [1.29, 1.82) is 0 Å². The summed E-state index contributed by atoms with van der Waals surface area (Å²) >= 11 is 11.5. The van der Waals surface area contributed by atoms with Gasteiger partial charge in [-0.15, -0.1) is 0 Å². The van der Waals surface area contributed by atoms with Gasteiger partial charge in [-0.05, 0) is 19.9 Å². The molecule has 1 aliphatic rings. The first kappa shape index (κ1) is 15.5. The van der Waals surface area contributed by atoms with Crippen LogP contribution in [0.3, 0.4) is 0 Å². The summed E-state index contributed by atoms with van der Waals surface area (Å²) in [7, 11) is -3.87. The molecule has 1 saturated heterocycles. The van der Waals surface area contributed by atoms with E-state index in [1.54, 1.807) is 13.8 Å². The molecule has 1 aromatic heterocycles. The summed E-state index contributed by atoms with van der Waals surface area (Å²) in [5, 5.41) is 2.72. The van der Waals surface area contributed by atoms with Gasteiger partial charge in [0, 0.05) is 19.3 Å². The van der Waals surface area contributed by atoms with Gasteiger partial charge in [-0.2, -0.15) is 4.31 Å². The van der Waals surface area contributed by atoms with Gasteiger partial charge >= 0.3 is 0 Å². The molecule has 0 radical (unpaired) electrons. The van der Waals surface area contributed by atoms with Crippen LogP contribution < -0.4 is 5.32 Å². The number of aromatic nitrogens is 1. The first-order valence-electron chi connectivity index (χ1n) is 5.79. The quantitative estimate of drug-likeness (QED) is 0.824. The molecule has 6 nitrogen and oxygen atoms in total. The third-order valence-electron chi connectivity index (χ3n) is 3.14. The molecule has 1 amide bonds. The Morgan fingerprint density at radius 3 is 2.65 bits per heavy atom. The van der Waals surface area contributed by atoms with Crippen molar-refractivity contribution < 1.29 is 13.2 Å². The maximum absolute atomic E-state index is 12.6. The fourth-order valence-electron chi connectivity index (χ4n) is 1.97. The second-order valence-corrected chi connectivity index (χ2v) is 7.46. The molecule has 2 rings (SSSR count). The van der Waals surface area contributed by atoms with E-state index in [0.29, 0.717) is 0 Å². The zero-order valence-electron chi connectivity index (χ0n) is 10.9. The largest absolute Gasteiger partial charge is 0.353 e. The van der Waals surface area contributed by atoms with Crippen molar-refractivity contribution in [2.24, 2.45) is 0 Å². The van der Waals surface area contributed by atoms with Crippen LogP contribution in [0.2, 0.25) is 10.2 Å². The topological polar surface area (TPSA) is 79.4 Å². The van der Waals surface area contributed by atoms with Crippen molar-refractivity contribution in [2.45, 2.75) is 24.3 Å². The second-order valence-electron chi connectivity index (χ2n) is 4.84. The lowest BCUT2D eigenvalue weighted by Gasteiger charge is -2.39. The molecule has 1 aromatic rings. The van der Waals surface area contributed by atoms with Gasteiger partial charge in [-0.1, -0.05) is 23.2 Å². The zero-order valence-corrected chi connectivity index (χ0v) is 13.2. The van der Waals surface area contributed by atoms with Gasteiger partial charge in [-0.25, -0.2) is 13.4 Å². The average Bonchev–Trinajstić information content (AvgIpc) is 2.35. The molecule has 20 heavy (non-hydrogen) atoms. The molecular formula is C11H13Cl2N3O3S. The average molecular weight is 338 g/mol. The summed E-state index contributed by atoms with van der Waals surface area (Å²) in [6, 6.07) is 1.23. The van der Waals surface area contributed by atoms with Crippen LogP contribution in [0.25, 0.3) is 0 Å². The smallest absolute Gasteiger partial charge is 0.245 e. The van der Waals surface area contributed by atoms with E-state index >= 15 is 0 Å². The number of rotatable bonds is 2. The third kappa shape index (κ3) is 2.50. The number of piperazine rings is 1. The predicted molar refractivity (Wildman–Crippen MR) is 75.2 cm³/mol. The second kappa shape index (κ2) is 5.14. The SMILES string of the molecule is CC1(C)C(=O)NCCN1S(=O)(=O)c1cnc(Cl)c(Cl)c1. The molecule has 0 saturated carbocycles. The Morgan fingerprint density at radius 2 is 2.05 bits per heavy atom. The standard InChI is InChI=1S/C11H13Cl2N3O3S/c1-11(2)10(17)14-3-4-16(11)20(18,19)7-5-8(12)9(13)15-6-7/h5-6H,3-4H2,1-2H3,(H,14,17). The van der Waals surface area contributed by atoms with Crippen molar-refractivity contribution in [3.05, 3.63) is 22.4 Å². The van der Waals surface area contributed by atoms with Crippen LogP contribution in [0.5, 0.6) is 0 Å². The van der Waals surface area contributed by atoms with Gasteiger partial charge in [0.15, 0.2) is 0 Å². The van der Waals surface area contributed by atoms with Crippen molar-refractivity contribution in [3.8, 4) is 0 Å². The fourth-order valence-corrected chi connectivity index (χ4v) is 4.03. The summed E-state index contributed by atoms with van der Waals surface area (Å²) in [6.07, 6.45) is 1.13. The van der Waals surface area contributed by atoms with Crippen molar-refractivity contribution in [1.82, 2.24) is 14.6 Å². The van der Waals surface area contributed by atoms with E-state index in [9.17, 15) is 13.2 Å². The number of pyridine rings is 1. The molecule has 0 unspecified atom stereocenters. The van der Waals surface area contributed by atoms with Gasteiger partial charge in [-0.3, -0.25) is 4.79 Å². The van der Waals surface area contributed by atoms with Crippen LogP contribution in [0, 0.1) is 0 Å². The van der Waals surface area contributed by atoms with Crippen LogP contribution in [-0.4, -0.2) is 42.2 Å². The highest BCUT2D eigenvalue weighted by molar-refractivity contribution is 7.89. The number of sulfonamides is 1. The maximum Gasteiger partial charge on any atom is 0.245 e. The van der Waals surface area contributed by atoms with E-state index in [-0.39, 0.29) is 34.1 Å². The minimum Gasteiger partial charge on any atom is -0.353 e. The molecule has 110 valence electrons. The molecule has 0 bridgehead atoms. The first-order chi connectivity index (χ1) is 9.17. The molecule has 0 aliphatic carbocycles. The Morgan fingerprint density at radius 1 is 1.40 bits per heavy atom. The summed E-state index contributed by atoms with van der Waals surface area (Å²) in [6.45, 7) is 3.53. The van der Waals surface area contributed by atoms with E-state index in [2.05, 4.69) is 10.3 Å². The molecule has 1 N–H and O–H groups in total. The first-order valence-corrected chi connectivity index (χ1v) is 7.99. The Hall–Kier alpha value is -0.890. The summed E-state index contributed by atoms with van der Waals surface area (Å²) in [5.74, 6) is -0.347. The number of nitrogens with zero attached hydrogens (tertiary/aromatic N) is 2. The Labute approximate surface area is 127 Å². The molecule has 1 fully saturated rings. The zero-order chi connectivity index (χ0) is 15.1. The number of hydrogen-bond donors (Lipinski definition) is 1. The van der Waals surface area contributed by atoms with Crippen LogP contribution >= 0.6 is 23.2 Å². The van der Waals surface area contributed by atoms with Crippen LogP contribution in [0.15, 0.2) is 17.2 Å². The van der Waals surface area contributed by atoms with E-state index in [0.717, 1.165) is 10.5 Å². The van der Waals surface area contributed by atoms with E-state index in [1.165, 1.54) is 6.07 Å². The van der Waals surface area contributed by atoms with Gasteiger partial charge in [0.25, 0.3) is 0 Å². The summed E-state index contributed by atoms with van der Waals surface area (Å²) in [4.78, 5) is 15.5. The van der Waals surface area contributed by atoms with Gasteiger partial charge in [0.1, 0.15) is 15.6 Å². The van der Waals surface area contributed by atoms with Crippen LogP contribution in [0.4, 0.5) is 0 Å². The Bertz CT molecular complexity index is 661. The number of amides is 1. The lowest BCUT2D eigenvalue weighted by atomic mass is 10.0. The van der Waals surface area contributed by atoms with Crippen molar-refractivity contribution in [3.63, 3.8) is 0 Å². The molecule has 2 heterocycles. The van der Waals surface area contributed by atoms with Crippen molar-refractivity contribution in [2.75, 3.05) is 13.1 Å². The molecular weight excluding hydrogens is 325 g/mol. The number of halogens is 2. The summed E-state index contributed by atoms with van der Waals surface area (Å²) in [5.41, 5.74) is -1.18. The molecule has 1 aliphatic heterocycles. The Balaban J connectivity index is 2.49. The third-order valence-corrected chi connectivity index (χ3v) is 5.86. The minimum atomic E-state index is -3.87. The Kier molecular flexibility index (Phi) is 3.98. The molecule has 0 spiro atoms. The fraction of sp³-hybridized carbons (Fsp3) is 0.455. The predicted octanol–water partition coefficient (Wildman–Crippen LogP) is 1.29. The highest BCUT2D eigenvalue weighted by atomic mass is 35.5. The maximum atomic E-state index is 12.6. The highest BCUT2D eigenvalue weighted by Crippen LogP contribution is 2.29. The van der Waals surface area contributed by atoms with Gasteiger partial charge < -0.3 is 5.32 Å². The summed E-state index contributed by atoms with van der Waals surface area (Å²) < 4.78 is 26.4. The number of carbonyl (C=O) groups excluding carboxylic acids is 1. The van der Waals surface area contributed by atoms with Gasteiger partial charge in [0.2, 0.25) is 15.9 Å². The molecule has 9 heteroatoms.